The van der Waals surface area contributed by atoms with E-state index in [0.717, 1.165) is 17.0 Å². The van der Waals surface area contributed by atoms with Gasteiger partial charge < -0.3 is 10.1 Å². The largest absolute Gasteiger partial charge is 0.497 e. The summed E-state index contributed by atoms with van der Waals surface area (Å²) in [6, 6.07) is 17.5. The summed E-state index contributed by atoms with van der Waals surface area (Å²) in [5, 5.41) is 12.2. The second-order valence-corrected chi connectivity index (χ2v) is 3.86. The van der Waals surface area contributed by atoms with Crippen molar-refractivity contribution in [1.29, 1.82) is 5.26 Å². The predicted molar refractivity (Wildman–Crippen MR) is 71.5 cm³/mol. The van der Waals surface area contributed by atoms with Gasteiger partial charge in [-0.25, -0.2) is 0 Å². The maximum Gasteiger partial charge on any atom is 0.118 e. The van der Waals surface area contributed by atoms with E-state index in [2.05, 4.69) is 11.4 Å². The van der Waals surface area contributed by atoms with E-state index in [9.17, 15) is 0 Å². The first-order valence-corrected chi connectivity index (χ1v) is 5.69. The Hall–Kier alpha value is -2.47. The van der Waals surface area contributed by atoms with Crippen molar-refractivity contribution in [2.45, 2.75) is 6.54 Å². The van der Waals surface area contributed by atoms with Crippen LogP contribution in [0.5, 0.6) is 5.75 Å². The molecule has 0 aliphatic carbocycles. The lowest BCUT2D eigenvalue weighted by atomic mass is 10.1. The molecule has 0 spiro atoms. The molecule has 2 aromatic carbocycles. The number of hydrogen-bond acceptors (Lipinski definition) is 3. The van der Waals surface area contributed by atoms with Crippen molar-refractivity contribution in [2.24, 2.45) is 0 Å². The number of nitrogens with zero attached hydrogens (tertiary/aromatic N) is 1. The van der Waals surface area contributed by atoms with Gasteiger partial charge in [-0.2, -0.15) is 5.26 Å². The second kappa shape index (κ2) is 5.74. The molecule has 0 unspecified atom stereocenters. The SMILES string of the molecule is COc1ccc(CNc2ccccc2C#N)cc1. The first-order chi connectivity index (χ1) is 8.83. The van der Waals surface area contributed by atoms with Crippen molar-refractivity contribution >= 4 is 5.69 Å². The zero-order valence-electron chi connectivity index (χ0n) is 10.2. The average Bonchev–Trinajstić information content (AvgIpc) is 2.46. The third-order valence-corrected chi connectivity index (χ3v) is 2.69. The molecular formula is C15H14N2O. The Morgan fingerprint density at radius 2 is 1.83 bits per heavy atom. The molecule has 3 nitrogen and oxygen atoms in total. The highest BCUT2D eigenvalue weighted by atomic mass is 16.5. The molecular weight excluding hydrogens is 224 g/mol. The first-order valence-electron chi connectivity index (χ1n) is 5.69. The first kappa shape index (κ1) is 12.0. The predicted octanol–water partition coefficient (Wildman–Crippen LogP) is 3.18. The lowest BCUT2D eigenvalue weighted by Crippen LogP contribution is -2.01. The number of hydrogen-bond donors (Lipinski definition) is 1. The minimum absolute atomic E-state index is 0.658. The zero-order valence-corrected chi connectivity index (χ0v) is 10.2. The quantitative estimate of drug-likeness (QED) is 0.889. The minimum Gasteiger partial charge on any atom is -0.497 e. The van der Waals surface area contributed by atoms with Gasteiger partial charge in [0.05, 0.1) is 18.4 Å². The Balaban J connectivity index is 2.05. The fourth-order valence-electron chi connectivity index (χ4n) is 1.68. The lowest BCUT2D eigenvalue weighted by Gasteiger charge is -2.08. The molecule has 0 amide bonds. The second-order valence-electron chi connectivity index (χ2n) is 3.86. The Bertz CT molecular complexity index is 555. The van der Waals surface area contributed by atoms with Gasteiger partial charge in [-0.3, -0.25) is 0 Å². The molecule has 0 bridgehead atoms. The summed E-state index contributed by atoms with van der Waals surface area (Å²) in [6.07, 6.45) is 0. The molecule has 0 heterocycles. The number of ether oxygens (including phenoxy) is 1. The van der Waals surface area contributed by atoms with E-state index < -0.39 is 0 Å². The van der Waals surface area contributed by atoms with E-state index in [1.807, 2.05) is 42.5 Å². The van der Waals surface area contributed by atoms with Gasteiger partial charge in [-0.05, 0) is 29.8 Å². The van der Waals surface area contributed by atoms with Crippen molar-refractivity contribution in [3.8, 4) is 11.8 Å². The fraction of sp³-hybridized carbons (Fsp3) is 0.133. The van der Waals surface area contributed by atoms with E-state index in [1.54, 1.807) is 13.2 Å². The van der Waals surface area contributed by atoms with Crippen LogP contribution in [0.4, 0.5) is 5.69 Å². The van der Waals surface area contributed by atoms with Crippen LogP contribution in [0.25, 0.3) is 0 Å². The number of methoxy groups -OCH3 is 1. The van der Waals surface area contributed by atoms with Gasteiger partial charge in [-0.1, -0.05) is 24.3 Å². The molecule has 2 rings (SSSR count). The van der Waals surface area contributed by atoms with Gasteiger partial charge in [0.15, 0.2) is 0 Å². The van der Waals surface area contributed by atoms with Gasteiger partial charge >= 0.3 is 0 Å². The number of anilines is 1. The van der Waals surface area contributed by atoms with Crippen LogP contribution >= 0.6 is 0 Å². The molecule has 1 N–H and O–H groups in total. The van der Waals surface area contributed by atoms with Gasteiger partial charge in [0.1, 0.15) is 11.8 Å². The maximum atomic E-state index is 8.98. The number of para-hydroxylation sites is 1. The lowest BCUT2D eigenvalue weighted by molar-refractivity contribution is 0.414. The Morgan fingerprint density at radius 3 is 2.50 bits per heavy atom. The number of benzene rings is 2. The van der Waals surface area contributed by atoms with Crippen molar-refractivity contribution in [1.82, 2.24) is 0 Å². The molecule has 0 fully saturated rings. The monoisotopic (exact) mass is 238 g/mol. The van der Waals surface area contributed by atoms with Crippen LogP contribution in [0, 0.1) is 11.3 Å². The van der Waals surface area contributed by atoms with Crippen LogP contribution < -0.4 is 10.1 Å². The average molecular weight is 238 g/mol. The van der Waals surface area contributed by atoms with Crippen LogP contribution in [0.1, 0.15) is 11.1 Å². The molecule has 3 heteroatoms. The summed E-state index contributed by atoms with van der Waals surface area (Å²) in [6.45, 7) is 0.683. The molecule has 18 heavy (non-hydrogen) atoms. The van der Waals surface area contributed by atoms with E-state index in [-0.39, 0.29) is 0 Å². The van der Waals surface area contributed by atoms with E-state index >= 15 is 0 Å². The molecule has 0 aliphatic rings. The standard InChI is InChI=1S/C15H14N2O/c1-18-14-8-6-12(7-9-14)11-17-15-5-3-2-4-13(15)10-16/h2-9,17H,11H2,1H3. The molecule has 0 aromatic heterocycles. The number of nitriles is 1. The highest BCUT2D eigenvalue weighted by molar-refractivity contribution is 5.57. The van der Waals surface area contributed by atoms with Crippen molar-refractivity contribution in [3.63, 3.8) is 0 Å². The van der Waals surface area contributed by atoms with Crippen molar-refractivity contribution in [2.75, 3.05) is 12.4 Å². The highest BCUT2D eigenvalue weighted by Crippen LogP contribution is 2.16. The third kappa shape index (κ3) is 2.80. The summed E-state index contributed by atoms with van der Waals surface area (Å²) in [4.78, 5) is 0. The van der Waals surface area contributed by atoms with E-state index in [4.69, 9.17) is 10.00 Å². The summed E-state index contributed by atoms with van der Waals surface area (Å²) in [7, 11) is 1.65. The van der Waals surface area contributed by atoms with Crippen LogP contribution in [0.2, 0.25) is 0 Å². The summed E-state index contributed by atoms with van der Waals surface area (Å²) in [5.41, 5.74) is 2.66. The normalized spacial score (nSPS) is 9.56. The maximum absolute atomic E-state index is 8.98. The smallest absolute Gasteiger partial charge is 0.118 e. The molecule has 90 valence electrons. The van der Waals surface area contributed by atoms with Crippen LogP contribution in [-0.4, -0.2) is 7.11 Å². The van der Waals surface area contributed by atoms with Crippen LogP contribution in [-0.2, 0) is 6.54 Å². The Labute approximate surface area is 107 Å². The molecule has 0 saturated carbocycles. The fourth-order valence-corrected chi connectivity index (χ4v) is 1.68. The molecule has 0 aliphatic heterocycles. The minimum atomic E-state index is 0.658. The third-order valence-electron chi connectivity index (χ3n) is 2.69. The van der Waals surface area contributed by atoms with E-state index in [0.29, 0.717) is 12.1 Å². The topological polar surface area (TPSA) is 45.0 Å². The Kier molecular flexibility index (Phi) is 3.83. The van der Waals surface area contributed by atoms with E-state index in [1.165, 1.54) is 0 Å². The highest BCUT2D eigenvalue weighted by Gasteiger charge is 2.00. The molecule has 0 saturated heterocycles. The van der Waals surface area contributed by atoms with Gasteiger partial charge in [0.25, 0.3) is 0 Å². The molecule has 2 aromatic rings. The van der Waals surface area contributed by atoms with Gasteiger partial charge in [-0.15, -0.1) is 0 Å². The summed E-state index contributed by atoms with van der Waals surface area (Å²) < 4.78 is 5.10. The van der Waals surface area contributed by atoms with Crippen LogP contribution in [0.3, 0.4) is 0 Å². The van der Waals surface area contributed by atoms with Gasteiger partial charge in [0, 0.05) is 6.54 Å². The number of nitrogens with one attached hydrogen (secondary N) is 1. The zero-order chi connectivity index (χ0) is 12.8. The number of rotatable bonds is 4. The van der Waals surface area contributed by atoms with Gasteiger partial charge in [0.2, 0.25) is 0 Å². The van der Waals surface area contributed by atoms with Crippen molar-refractivity contribution < 1.29 is 4.74 Å². The summed E-state index contributed by atoms with van der Waals surface area (Å²) >= 11 is 0. The molecule has 0 radical (unpaired) electrons. The Morgan fingerprint density at radius 1 is 1.11 bits per heavy atom. The van der Waals surface area contributed by atoms with Crippen LogP contribution in [0.15, 0.2) is 48.5 Å². The summed E-state index contributed by atoms with van der Waals surface area (Å²) in [5.74, 6) is 0.844. The molecule has 0 atom stereocenters. The van der Waals surface area contributed by atoms with Crippen molar-refractivity contribution in [3.05, 3.63) is 59.7 Å².